The molecular weight excluding hydrogens is 554 g/mol. The number of nitro benzene ring substituents is 1. The zero-order valence-corrected chi connectivity index (χ0v) is 21.1. The fourth-order valence-electron chi connectivity index (χ4n) is 2.97. The van der Waals surface area contributed by atoms with E-state index in [1.807, 2.05) is 0 Å². The Morgan fingerprint density at radius 2 is 1.89 bits per heavy atom. The molecule has 0 fully saturated rings. The topological polar surface area (TPSA) is 149 Å². The first-order chi connectivity index (χ1) is 17.1. The molecule has 0 aliphatic heterocycles. The van der Waals surface area contributed by atoms with E-state index in [0.29, 0.717) is 5.56 Å². The summed E-state index contributed by atoms with van der Waals surface area (Å²) in [7, 11) is -4.16. The van der Waals surface area contributed by atoms with Crippen LogP contribution in [0.5, 0.6) is 11.5 Å². The molecule has 10 nitrogen and oxygen atoms in total. The van der Waals surface area contributed by atoms with Crippen molar-refractivity contribution in [2.45, 2.75) is 11.8 Å². The van der Waals surface area contributed by atoms with Gasteiger partial charge in [0.05, 0.1) is 16.0 Å². The quantitative estimate of drug-likeness (QED) is 0.123. The number of carbonyl (C=O) groups is 1. The molecule has 184 valence electrons. The van der Waals surface area contributed by atoms with Gasteiger partial charge < -0.3 is 14.2 Å². The smallest absolute Gasteiger partial charge is 0.339 e. The monoisotopic (exact) mass is 571 g/mol. The molecule has 0 unspecified atom stereocenters. The Hall–Kier alpha value is -4.21. The minimum Gasteiger partial charge on any atom is -0.490 e. The van der Waals surface area contributed by atoms with Crippen molar-refractivity contribution in [1.29, 1.82) is 5.26 Å². The van der Waals surface area contributed by atoms with Crippen molar-refractivity contribution < 1.29 is 27.1 Å². The molecule has 1 N–H and O–H groups in total. The zero-order valence-electron chi connectivity index (χ0n) is 18.7. The van der Waals surface area contributed by atoms with Gasteiger partial charge in [-0.3, -0.25) is 14.9 Å². The molecule has 36 heavy (non-hydrogen) atoms. The molecule has 1 amide bonds. The third kappa shape index (κ3) is 6.47. The molecule has 0 heterocycles. The number of nitrogens with zero attached hydrogens (tertiary/aromatic N) is 2. The molecular formula is C24H18BrN3O7S. The Morgan fingerprint density at radius 1 is 1.17 bits per heavy atom. The maximum absolute atomic E-state index is 12.7. The summed E-state index contributed by atoms with van der Waals surface area (Å²) in [6.45, 7) is 1.87. The zero-order chi connectivity index (χ0) is 26.3. The number of halogens is 1. The van der Waals surface area contributed by atoms with Gasteiger partial charge in [0.25, 0.3) is 11.6 Å². The van der Waals surface area contributed by atoms with Crippen molar-refractivity contribution in [3.63, 3.8) is 0 Å². The number of hydrogen-bond acceptors (Lipinski definition) is 8. The number of carbonyl (C=O) groups excluding carboxylic acids is 1. The molecule has 3 aromatic carbocycles. The SMILES string of the molecule is CCOc1cc(/C=C(\C#N)C(=O)Nc2cccc([N+](=O)[O-])c2)cc(Br)c1OS(=O)(=O)c1ccccc1. The number of anilines is 1. The Kier molecular flexibility index (Phi) is 8.42. The fourth-order valence-corrected chi connectivity index (χ4v) is 4.60. The second kappa shape index (κ2) is 11.5. The lowest BCUT2D eigenvalue weighted by Crippen LogP contribution is -2.13. The van der Waals surface area contributed by atoms with Gasteiger partial charge in [-0.1, -0.05) is 24.3 Å². The first-order valence-electron chi connectivity index (χ1n) is 10.3. The van der Waals surface area contributed by atoms with Crippen LogP contribution in [0, 0.1) is 21.4 Å². The van der Waals surface area contributed by atoms with Gasteiger partial charge in [-0.25, -0.2) is 0 Å². The Labute approximate surface area is 215 Å². The van der Waals surface area contributed by atoms with Crippen molar-refractivity contribution in [3.05, 3.63) is 92.5 Å². The average molecular weight is 572 g/mol. The normalized spacial score (nSPS) is 11.3. The largest absolute Gasteiger partial charge is 0.490 e. The van der Waals surface area contributed by atoms with Gasteiger partial charge in [-0.15, -0.1) is 0 Å². The lowest BCUT2D eigenvalue weighted by molar-refractivity contribution is -0.384. The highest BCUT2D eigenvalue weighted by Crippen LogP contribution is 2.39. The molecule has 3 rings (SSSR count). The first kappa shape index (κ1) is 26.4. The summed E-state index contributed by atoms with van der Waals surface area (Å²) in [4.78, 5) is 22.9. The van der Waals surface area contributed by atoms with Crippen molar-refractivity contribution in [3.8, 4) is 17.6 Å². The van der Waals surface area contributed by atoms with Crippen molar-refractivity contribution >= 4 is 49.4 Å². The summed E-state index contributed by atoms with van der Waals surface area (Å²) in [5.74, 6) is -0.828. The maximum Gasteiger partial charge on any atom is 0.339 e. The number of hydrogen-bond donors (Lipinski definition) is 1. The predicted octanol–water partition coefficient (Wildman–Crippen LogP) is 5.07. The molecule has 0 atom stereocenters. The number of nitrogens with one attached hydrogen (secondary N) is 1. The number of rotatable bonds is 9. The van der Waals surface area contributed by atoms with Crippen LogP contribution >= 0.6 is 15.9 Å². The summed E-state index contributed by atoms with van der Waals surface area (Å²) in [5, 5.41) is 22.9. The molecule has 0 radical (unpaired) electrons. The standard InChI is InChI=1S/C24H18BrN3O7S/c1-2-34-22-13-16(12-21(25)23(22)35-36(32,33)20-9-4-3-5-10-20)11-17(15-26)24(29)27-18-7-6-8-19(14-18)28(30)31/h3-14H,2H2,1H3,(H,27,29)/b17-11+. The molecule has 0 saturated carbocycles. The van der Waals surface area contributed by atoms with Gasteiger partial charge >= 0.3 is 10.1 Å². The number of amides is 1. The van der Waals surface area contributed by atoms with Crippen molar-refractivity contribution in [2.75, 3.05) is 11.9 Å². The number of benzene rings is 3. The van der Waals surface area contributed by atoms with Crippen LogP contribution in [0.3, 0.4) is 0 Å². The number of nitriles is 1. The third-order valence-electron chi connectivity index (χ3n) is 4.55. The van der Waals surface area contributed by atoms with Crippen LogP contribution in [-0.2, 0) is 14.9 Å². The molecule has 12 heteroatoms. The van der Waals surface area contributed by atoms with Gasteiger partial charge in [0.1, 0.15) is 16.5 Å². The predicted molar refractivity (Wildman–Crippen MR) is 135 cm³/mol. The minimum atomic E-state index is -4.16. The van der Waals surface area contributed by atoms with Gasteiger partial charge in [0.2, 0.25) is 0 Å². The van der Waals surface area contributed by atoms with Crippen LogP contribution in [0.15, 0.2) is 81.7 Å². The summed E-state index contributed by atoms with van der Waals surface area (Å²) < 4.78 is 36.5. The van der Waals surface area contributed by atoms with Crippen LogP contribution in [0.4, 0.5) is 11.4 Å². The van der Waals surface area contributed by atoms with E-state index in [4.69, 9.17) is 8.92 Å². The van der Waals surface area contributed by atoms with E-state index >= 15 is 0 Å². The Balaban J connectivity index is 1.93. The third-order valence-corrected chi connectivity index (χ3v) is 6.37. The van der Waals surface area contributed by atoms with E-state index in [9.17, 15) is 28.6 Å². The van der Waals surface area contributed by atoms with Gasteiger partial charge in [0.15, 0.2) is 11.5 Å². The summed E-state index contributed by atoms with van der Waals surface area (Å²) in [5.41, 5.74) is -0.0509. The van der Waals surface area contributed by atoms with Crippen molar-refractivity contribution in [2.24, 2.45) is 0 Å². The second-order valence-electron chi connectivity index (χ2n) is 7.04. The molecule has 0 saturated heterocycles. The van der Waals surface area contributed by atoms with E-state index in [1.165, 1.54) is 48.5 Å². The molecule has 3 aromatic rings. The van der Waals surface area contributed by atoms with E-state index in [1.54, 1.807) is 31.2 Å². The highest BCUT2D eigenvalue weighted by atomic mass is 79.9. The maximum atomic E-state index is 12.7. The number of nitro groups is 1. The van der Waals surface area contributed by atoms with Crippen molar-refractivity contribution in [1.82, 2.24) is 0 Å². The minimum absolute atomic E-state index is 0.0482. The van der Waals surface area contributed by atoms with Gasteiger partial charge in [-0.05, 0) is 64.8 Å². The molecule has 0 aliphatic carbocycles. The van der Waals surface area contributed by atoms with E-state index in [-0.39, 0.29) is 44.4 Å². The van der Waals surface area contributed by atoms with Crippen LogP contribution in [-0.4, -0.2) is 25.9 Å². The van der Waals surface area contributed by atoms with E-state index in [2.05, 4.69) is 21.2 Å². The van der Waals surface area contributed by atoms with Crippen LogP contribution < -0.4 is 14.2 Å². The van der Waals surface area contributed by atoms with Gasteiger partial charge in [-0.2, -0.15) is 13.7 Å². The lowest BCUT2D eigenvalue weighted by Gasteiger charge is -2.14. The van der Waals surface area contributed by atoms with Gasteiger partial charge in [0, 0.05) is 17.8 Å². The summed E-state index contributed by atoms with van der Waals surface area (Å²) in [6.07, 6.45) is 1.26. The fraction of sp³-hybridized carbons (Fsp3) is 0.0833. The number of ether oxygens (including phenoxy) is 1. The Morgan fingerprint density at radius 3 is 2.53 bits per heavy atom. The van der Waals surface area contributed by atoms with Crippen LogP contribution in [0.2, 0.25) is 0 Å². The average Bonchev–Trinajstić information content (AvgIpc) is 2.85. The van der Waals surface area contributed by atoms with E-state index in [0.717, 1.165) is 6.07 Å². The molecule has 0 aliphatic rings. The molecule has 0 aromatic heterocycles. The lowest BCUT2D eigenvalue weighted by atomic mass is 10.1. The Bertz CT molecular complexity index is 1480. The summed E-state index contributed by atoms with van der Waals surface area (Å²) >= 11 is 3.27. The molecule has 0 bridgehead atoms. The highest BCUT2D eigenvalue weighted by Gasteiger charge is 2.22. The van der Waals surface area contributed by atoms with E-state index < -0.39 is 20.9 Å². The summed E-state index contributed by atoms with van der Waals surface area (Å²) in [6, 6.07) is 17.5. The van der Waals surface area contributed by atoms with Crippen LogP contribution in [0.1, 0.15) is 12.5 Å². The highest BCUT2D eigenvalue weighted by molar-refractivity contribution is 9.10. The van der Waals surface area contributed by atoms with Crippen LogP contribution in [0.25, 0.3) is 6.08 Å². The number of non-ortho nitro benzene ring substituents is 1. The first-order valence-corrected chi connectivity index (χ1v) is 12.5. The molecule has 0 spiro atoms. The second-order valence-corrected chi connectivity index (χ2v) is 9.45.